The number of nitrogens with one attached hydrogen (secondary N) is 1. The molecule has 0 saturated heterocycles. The Bertz CT molecular complexity index is 1550. The summed E-state index contributed by atoms with van der Waals surface area (Å²) in [7, 11) is 1.54. The molecule has 4 rings (SSSR count). The number of hydrogen-bond donors (Lipinski definition) is 2. The average Bonchev–Trinajstić information content (AvgIpc) is 3.13. The summed E-state index contributed by atoms with van der Waals surface area (Å²) in [6.45, 7) is 7.23. The van der Waals surface area contributed by atoms with Crippen LogP contribution in [-0.4, -0.2) is 26.2 Å². The van der Waals surface area contributed by atoms with Gasteiger partial charge in [-0.05, 0) is 72.1 Å². The molecule has 0 fully saturated rings. The summed E-state index contributed by atoms with van der Waals surface area (Å²) >= 11 is 6.31. The number of fused-ring (bicyclic) bond motifs is 1. The third-order valence-electron chi connectivity index (χ3n) is 6.68. The van der Waals surface area contributed by atoms with Crippen LogP contribution in [0.4, 0.5) is 5.69 Å². The van der Waals surface area contributed by atoms with Crippen molar-refractivity contribution in [1.29, 1.82) is 0 Å². The smallest absolute Gasteiger partial charge is 0.343 e. The van der Waals surface area contributed by atoms with Crippen LogP contribution in [0.15, 0.2) is 114 Å². The van der Waals surface area contributed by atoms with Gasteiger partial charge in [-0.3, -0.25) is 0 Å². The Morgan fingerprint density at radius 2 is 1.90 bits per heavy atom. The van der Waals surface area contributed by atoms with Gasteiger partial charge < -0.3 is 25.3 Å². The lowest BCUT2D eigenvalue weighted by Crippen LogP contribution is -2.15. The predicted octanol–water partition coefficient (Wildman–Crippen LogP) is 7.66. The molecule has 0 bridgehead atoms. The van der Waals surface area contributed by atoms with Crippen LogP contribution >= 0.6 is 11.6 Å². The SMILES string of the molecule is C=C/C=C\C1=CC(OC)=C(C(=O)Oc2cc(Cl)ccc2NCc2cc3ccccc3cc2OCCCN)CC=C1C. The fourth-order valence-electron chi connectivity index (χ4n) is 4.42. The molecule has 6 nitrogen and oxygen atoms in total. The topological polar surface area (TPSA) is 82.8 Å². The number of rotatable bonds is 12. The van der Waals surface area contributed by atoms with Crippen LogP contribution in [0, 0.1) is 0 Å². The molecule has 0 aliphatic heterocycles. The van der Waals surface area contributed by atoms with Gasteiger partial charge in [0.2, 0.25) is 0 Å². The predicted molar refractivity (Wildman–Crippen MR) is 167 cm³/mol. The molecule has 0 heterocycles. The Balaban J connectivity index is 1.60. The van der Waals surface area contributed by atoms with Crippen LogP contribution < -0.4 is 20.5 Å². The standard InChI is InChI=1S/C34H35ClN2O4/c1-4-5-9-24-19-32(39-3)29(14-12-23(24)2)34(38)41-33-21-28(35)13-15-30(33)37-22-27-18-25-10-6-7-11-26(25)20-31(27)40-17-8-16-36/h4-7,9-13,15,18-21,37H,1,8,14,16-17,22,36H2,2-3H3/b9-5-. The second kappa shape index (κ2) is 14.4. The van der Waals surface area contributed by atoms with Crippen molar-refractivity contribution in [2.45, 2.75) is 26.3 Å². The zero-order valence-electron chi connectivity index (χ0n) is 23.4. The minimum absolute atomic E-state index is 0.317. The molecule has 1 aliphatic carbocycles. The maximum atomic E-state index is 13.4. The van der Waals surface area contributed by atoms with Crippen molar-refractivity contribution in [3.63, 3.8) is 0 Å². The van der Waals surface area contributed by atoms with Gasteiger partial charge in [0.15, 0.2) is 5.75 Å². The van der Waals surface area contributed by atoms with Gasteiger partial charge in [-0.15, -0.1) is 0 Å². The van der Waals surface area contributed by atoms with E-state index in [1.54, 1.807) is 24.3 Å². The first-order valence-corrected chi connectivity index (χ1v) is 13.9. The normalized spacial score (nSPS) is 13.5. The van der Waals surface area contributed by atoms with E-state index in [-0.39, 0.29) is 0 Å². The molecular weight excluding hydrogens is 536 g/mol. The fourth-order valence-corrected chi connectivity index (χ4v) is 4.58. The first kappa shape index (κ1) is 29.7. The largest absolute Gasteiger partial charge is 0.496 e. The lowest BCUT2D eigenvalue weighted by molar-refractivity contribution is -0.130. The number of hydrogen-bond acceptors (Lipinski definition) is 6. The first-order chi connectivity index (χ1) is 19.9. The highest BCUT2D eigenvalue weighted by molar-refractivity contribution is 6.30. The molecule has 0 atom stereocenters. The first-order valence-electron chi connectivity index (χ1n) is 13.5. The van der Waals surface area contributed by atoms with Crippen LogP contribution in [0.25, 0.3) is 10.8 Å². The molecule has 0 unspecified atom stereocenters. The quantitative estimate of drug-likeness (QED) is 0.101. The fraction of sp³-hybridized carbons (Fsp3) is 0.206. The van der Waals surface area contributed by atoms with Gasteiger partial charge in [0.25, 0.3) is 0 Å². The van der Waals surface area contributed by atoms with Crippen molar-refractivity contribution in [3.05, 3.63) is 125 Å². The minimum Gasteiger partial charge on any atom is -0.496 e. The molecule has 7 heteroatoms. The second-order valence-corrected chi connectivity index (χ2v) is 9.95. The van der Waals surface area contributed by atoms with E-state index >= 15 is 0 Å². The molecule has 0 saturated carbocycles. The average molecular weight is 571 g/mol. The number of esters is 1. The van der Waals surface area contributed by atoms with Gasteiger partial charge in [-0.2, -0.15) is 0 Å². The summed E-state index contributed by atoms with van der Waals surface area (Å²) in [5, 5.41) is 6.04. The summed E-state index contributed by atoms with van der Waals surface area (Å²) in [6, 6.07) is 17.4. The lowest BCUT2D eigenvalue weighted by Gasteiger charge is -2.17. The van der Waals surface area contributed by atoms with Crippen LogP contribution in [0.1, 0.15) is 25.3 Å². The summed E-state index contributed by atoms with van der Waals surface area (Å²) in [5.41, 5.74) is 9.60. The molecule has 3 aromatic carbocycles. The highest BCUT2D eigenvalue weighted by Crippen LogP contribution is 2.33. The third-order valence-corrected chi connectivity index (χ3v) is 6.92. The Hall–Kier alpha value is -4.26. The van der Waals surface area contributed by atoms with E-state index in [0.717, 1.165) is 39.7 Å². The summed E-state index contributed by atoms with van der Waals surface area (Å²) in [4.78, 5) is 13.4. The summed E-state index contributed by atoms with van der Waals surface area (Å²) in [6.07, 6.45) is 10.4. The molecule has 0 spiro atoms. The number of benzene rings is 3. The van der Waals surface area contributed by atoms with E-state index in [2.05, 4.69) is 30.1 Å². The Morgan fingerprint density at radius 1 is 1.12 bits per heavy atom. The number of allylic oxidation sites excluding steroid dienone is 7. The Morgan fingerprint density at radius 3 is 2.63 bits per heavy atom. The number of carbonyl (C=O) groups is 1. The van der Waals surface area contributed by atoms with Gasteiger partial charge in [0.1, 0.15) is 11.5 Å². The number of halogens is 1. The van der Waals surface area contributed by atoms with Crippen molar-refractivity contribution in [2.75, 3.05) is 25.6 Å². The van der Waals surface area contributed by atoms with E-state index in [0.29, 0.717) is 53.9 Å². The Labute approximate surface area is 246 Å². The number of methoxy groups -OCH3 is 1. The van der Waals surface area contributed by atoms with E-state index < -0.39 is 5.97 Å². The maximum Gasteiger partial charge on any atom is 0.343 e. The highest BCUT2D eigenvalue weighted by atomic mass is 35.5. The number of ether oxygens (including phenoxy) is 3. The van der Waals surface area contributed by atoms with Crippen LogP contribution in [0.2, 0.25) is 5.02 Å². The number of nitrogens with two attached hydrogens (primary N) is 1. The Kier molecular flexibility index (Phi) is 10.4. The van der Waals surface area contributed by atoms with E-state index in [1.807, 2.05) is 49.4 Å². The number of anilines is 1. The van der Waals surface area contributed by atoms with Crippen molar-refractivity contribution in [3.8, 4) is 11.5 Å². The molecule has 3 N–H and O–H groups in total. The molecule has 0 aromatic heterocycles. The summed E-state index contributed by atoms with van der Waals surface area (Å²) < 4.78 is 17.6. The maximum absolute atomic E-state index is 13.4. The summed E-state index contributed by atoms with van der Waals surface area (Å²) in [5.74, 6) is 1.02. The highest BCUT2D eigenvalue weighted by Gasteiger charge is 2.21. The molecule has 1 aliphatic rings. The van der Waals surface area contributed by atoms with Crippen LogP contribution in [0.3, 0.4) is 0 Å². The van der Waals surface area contributed by atoms with Crippen LogP contribution in [-0.2, 0) is 16.1 Å². The molecular formula is C34H35ClN2O4. The zero-order chi connectivity index (χ0) is 29.2. The van der Waals surface area contributed by atoms with E-state index in [9.17, 15) is 4.79 Å². The molecule has 0 radical (unpaired) electrons. The zero-order valence-corrected chi connectivity index (χ0v) is 24.2. The monoisotopic (exact) mass is 570 g/mol. The van der Waals surface area contributed by atoms with Gasteiger partial charge >= 0.3 is 5.97 Å². The van der Waals surface area contributed by atoms with Gasteiger partial charge in [-0.25, -0.2) is 4.79 Å². The van der Waals surface area contributed by atoms with Gasteiger partial charge in [0.05, 0.1) is 25.0 Å². The molecule has 41 heavy (non-hydrogen) atoms. The van der Waals surface area contributed by atoms with Crippen molar-refractivity contribution >= 4 is 34.0 Å². The van der Waals surface area contributed by atoms with Gasteiger partial charge in [-0.1, -0.05) is 66.7 Å². The van der Waals surface area contributed by atoms with Crippen LogP contribution in [0.5, 0.6) is 11.5 Å². The second-order valence-electron chi connectivity index (χ2n) is 9.51. The molecule has 0 amide bonds. The van der Waals surface area contributed by atoms with E-state index in [1.165, 1.54) is 7.11 Å². The van der Waals surface area contributed by atoms with Gasteiger partial charge in [0, 0.05) is 29.6 Å². The third kappa shape index (κ3) is 7.69. The lowest BCUT2D eigenvalue weighted by atomic mass is 10.1. The molecule has 3 aromatic rings. The van der Waals surface area contributed by atoms with Crippen molar-refractivity contribution < 1.29 is 19.0 Å². The van der Waals surface area contributed by atoms with Crippen molar-refractivity contribution in [2.24, 2.45) is 5.73 Å². The van der Waals surface area contributed by atoms with E-state index in [4.69, 9.17) is 31.5 Å². The molecule has 212 valence electrons. The minimum atomic E-state index is -0.516. The van der Waals surface area contributed by atoms with Crippen molar-refractivity contribution in [1.82, 2.24) is 0 Å². The number of carbonyl (C=O) groups excluding carboxylic acids is 1.